The van der Waals surface area contributed by atoms with Crippen LogP contribution in [0.1, 0.15) is 12.6 Å². The number of nitrogens with one attached hydrogen (secondary N) is 1. The summed E-state index contributed by atoms with van der Waals surface area (Å²) in [7, 11) is 0. The predicted molar refractivity (Wildman–Crippen MR) is 87.4 cm³/mol. The van der Waals surface area contributed by atoms with Crippen LogP contribution in [0.3, 0.4) is 0 Å². The van der Waals surface area contributed by atoms with Crippen molar-refractivity contribution in [1.29, 1.82) is 0 Å². The standard InChI is InChI=1S/C16H16N2O4S/c1-2-21-14(19)8-9-15(20)22-10-13-11-23-16(18-13)17-12-6-4-3-5-7-12/h3-9,11H,2,10H2,1H3,(H,17,18). The molecule has 0 radical (unpaired) electrons. The maximum atomic E-state index is 11.5. The minimum atomic E-state index is -0.622. The van der Waals surface area contributed by atoms with Gasteiger partial charge in [-0.05, 0) is 19.1 Å². The normalized spacial score (nSPS) is 10.5. The van der Waals surface area contributed by atoms with Crippen molar-refractivity contribution >= 4 is 34.1 Å². The van der Waals surface area contributed by atoms with E-state index in [1.807, 2.05) is 30.3 Å². The zero-order chi connectivity index (χ0) is 16.5. The van der Waals surface area contributed by atoms with E-state index in [2.05, 4.69) is 15.0 Å². The Kier molecular flexibility index (Phi) is 6.31. The van der Waals surface area contributed by atoms with E-state index in [9.17, 15) is 9.59 Å². The lowest BCUT2D eigenvalue weighted by Crippen LogP contribution is -2.04. The van der Waals surface area contributed by atoms with Gasteiger partial charge in [-0.3, -0.25) is 0 Å². The van der Waals surface area contributed by atoms with Crippen molar-refractivity contribution in [2.75, 3.05) is 11.9 Å². The van der Waals surface area contributed by atoms with Crippen molar-refractivity contribution in [3.05, 3.63) is 53.6 Å². The molecule has 1 aromatic heterocycles. The van der Waals surface area contributed by atoms with Gasteiger partial charge in [0, 0.05) is 23.2 Å². The van der Waals surface area contributed by atoms with Gasteiger partial charge in [0.15, 0.2) is 5.13 Å². The van der Waals surface area contributed by atoms with Crippen molar-refractivity contribution in [1.82, 2.24) is 4.98 Å². The third kappa shape index (κ3) is 5.91. The number of para-hydroxylation sites is 1. The average Bonchev–Trinajstić information content (AvgIpc) is 3.00. The van der Waals surface area contributed by atoms with Crippen LogP contribution in [0.4, 0.5) is 10.8 Å². The second-order valence-electron chi connectivity index (χ2n) is 4.33. The van der Waals surface area contributed by atoms with Crippen LogP contribution >= 0.6 is 11.3 Å². The molecule has 0 aliphatic rings. The lowest BCUT2D eigenvalue weighted by atomic mass is 10.3. The molecule has 0 unspecified atom stereocenters. The summed E-state index contributed by atoms with van der Waals surface area (Å²) in [5, 5.41) is 5.67. The number of thiazole rings is 1. The van der Waals surface area contributed by atoms with Gasteiger partial charge < -0.3 is 14.8 Å². The highest BCUT2D eigenvalue weighted by Gasteiger charge is 2.05. The zero-order valence-electron chi connectivity index (χ0n) is 12.5. The number of hydrogen-bond acceptors (Lipinski definition) is 7. The molecule has 0 saturated heterocycles. The largest absolute Gasteiger partial charge is 0.463 e. The molecular formula is C16H16N2O4S. The van der Waals surface area contributed by atoms with Gasteiger partial charge in [0.2, 0.25) is 0 Å². The Morgan fingerprint density at radius 1 is 1.17 bits per heavy atom. The number of nitrogens with zero attached hydrogens (tertiary/aromatic N) is 1. The fraction of sp³-hybridized carbons (Fsp3) is 0.188. The highest BCUT2D eigenvalue weighted by Crippen LogP contribution is 2.20. The monoisotopic (exact) mass is 332 g/mol. The average molecular weight is 332 g/mol. The van der Waals surface area contributed by atoms with Gasteiger partial charge in [-0.25, -0.2) is 14.6 Å². The smallest absolute Gasteiger partial charge is 0.331 e. The predicted octanol–water partition coefficient (Wildman–Crippen LogP) is 3.05. The molecule has 2 rings (SSSR count). The number of aromatic nitrogens is 1. The quantitative estimate of drug-likeness (QED) is 0.620. The van der Waals surface area contributed by atoms with E-state index in [0.717, 1.165) is 17.8 Å². The van der Waals surface area contributed by atoms with Gasteiger partial charge in [0.05, 0.1) is 12.3 Å². The number of carbonyl (C=O) groups excluding carboxylic acids is 2. The second kappa shape index (κ2) is 8.70. The summed E-state index contributed by atoms with van der Waals surface area (Å²) in [4.78, 5) is 26.8. The molecule has 1 heterocycles. The number of hydrogen-bond donors (Lipinski definition) is 1. The van der Waals surface area contributed by atoms with E-state index in [4.69, 9.17) is 4.74 Å². The Labute approximate surface area is 137 Å². The number of ether oxygens (including phenoxy) is 2. The SMILES string of the molecule is CCOC(=O)C=CC(=O)OCc1csc(Nc2ccccc2)n1. The van der Waals surface area contributed by atoms with Crippen LogP contribution in [0.2, 0.25) is 0 Å². The van der Waals surface area contributed by atoms with Gasteiger partial charge in [-0.2, -0.15) is 0 Å². The second-order valence-corrected chi connectivity index (χ2v) is 5.19. The summed E-state index contributed by atoms with van der Waals surface area (Å²) in [6, 6.07) is 9.65. The molecule has 120 valence electrons. The van der Waals surface area contributed by atoms with Crippen molar-refractivity contribution in [3.63, 3.8) is 0 Å². The molecule has 0 atom stereocenters. The van der Waals surface area contributed by atoms with Crippen LogP contribution in [0, 0.1) is 0 Å². The number of rotatable bonds is 7. The molecule has 0 aliphatic heterocycles. The number of anilines is 2. The minimum absolute atomic E-state index is 0.0406. The molecular weight excluding hydrogens is 316 g/mol. The Bertz CT molecular complexity index is 682. The van der Waals surface area contributed by atoms with Crippen molar-refractivity contribution in [2.24, 2.45) is 0 Å². The van der Waals surface area contributed by atoms with Crippen LogP contribution in [-0.4, -0.2) is 23.5 Å². The van der Waals surface area contributed by atoms with Crippen molar-refractivity contribution in [2.45, 2.75) is 13.5 Å². The van der Waals surface area contributed by atoms with E-state index >= 15 is 0 Å². The van der Waals surface area contributed by atoms with Gasteiger partial charge >= 0.3 is 11.9 Å². The number of benzene rings is 1. The van der Waals surface area contributed by atoms with Gasteiger partial charge in [0.25, 0.3) is 0 Å². The van der Waals surface area contributed by atoms with Crippen molar-refractivity contribution in [3.8, 4) is 0 Å². The Balaban J connectivity index is 1.80. The molecule has 6 nitrogen and oxygen atoms in total. The molecule has 7 heteroatoms. The first-order valence-electron chi connectivity index (χ1n) is 6.95. The third-order valence-electron chi connectivity index (χ3n) is 2.58. The lowest BCUT2D eigenvalue weighted by molar-refractivity contribution is -0.141. The summed E-state index contributed by atoms with van der Waals surface area (Å²) in [5.41, 5.74) is 1.56. The van der Waals surface area contributed by atoms with E-state index in [0.29, 0.717) is 10.8 Å². The number of esters is 2. The van der Waals surface area contributed by atoms with Gasteiger partial charge in [0.1, 0.15) is 6.61 Å². The molecule has 0 spiro atoms. The zero-order valence-corrected chi connectivity index (χ0v) is 13.3. The molecule has 0 aliphatic carbocycles. The fourth-order valence-electron chi connectivity index (χ4n) is 1.60. The van der Waals surface area contributed by atoms with Gasteiger partial charge in [-0.15, -0.1) is 11.3 Å². The molecule has 23 heavy (non-hydrogen) atoms. The molecule has 2 aromatic rings. The maximum Gasteiger partial charge on any atom is 0.331 e. The van der Waals surface area contributed by atoms with Crippen molar-refractivity contribution < 1.29 is 19.1 Å². The van der Waals surface area contributed by atoms with Gasteiger partial charge in [-0.1, -0.05) is 18.2 Å². The summed E-state index contributed by atoms with van der Waals surface area (Å²) in [6.45, 7) is 1.99. The molecule has 0 amide bonds. The van der Waals surface area contributed by atoms with E-state index in [1.54, 1.807) is 12.3 Å². The third-order valence-corrected chi connectivity index (χ3v) is 3.39. The van der Waals surface area contributed by atoms with E-state index in [1.165, 1.54) is 11.3 Å². The Hall–Kier alpha value is -2.67. The highest BCUT2D eigenvalue weighted by molar-refractivity contribution is 7.13. The molecule has 0 saturated carbocycles. The Morgan fingerprint density at radius 3 is 2.57 bits per heavy atom. The van der Waals surface area contributed by atoms with E-state index in [-0.39, 0.29) is 13.2 Å². The van der Waals surface area contributed by atoms with Crippen LogP contribution in [-0.2, 0) is 25.7 Å². The first-order valence-corrected chi connectivity index (χ1v) is 7.83. The minimum Gasteiger partial charge on any atom is -0.463 e. The summed E-state index contributed by atoms with van der Waals surface area (Å²) < 4.78 is 9.67. The molecule has 0 bridgehead atoms. The van der Waals surface area contributed by atoms with Crippen LogP contribution < -0.4 is 5.32 Å². The molecule has 1 N–H and O–H groups in total. The van der Waals surface area contributed by atoms with E-state index < -0.39 is 11.9 Å². The van der Waals surface area contributed by atoms with Crippen LogP contribution in [0.25, 0.3) is 0 Å². The summed E-state index contributed by atoms with van der Waals surface area (Å²) in [5.74, 6) is -1.20. The number of carbonyl (C=O) groups is 2. The summed E-state index contributed by atoms with van der Waals surface area (Å²) >= 11 is 1.42. The fourth-order valence-corrected chi connectivity index (χ4v) is 2.31. The Morgan fingerprint density at radius 2 is 1.87 bits per heavy atom. The first kappa shape index (κ1) is 16.7. The first-order chi connectivity index (χ1) is 11.2. The topological polar surface area (TPSA) is 77.5 Å². The lowest BCUT2D eigenvalue weighted by Gasteiger charge is -2.01. The summed E-state index contributed by atoms with van der Waals surface area (Å²) in [6.07, 6.45) is 2.07. The van der Waals surface area contributed by atoms with Crippen LogP contribution in [0.5, 0.6) is 0 Å². The van der Waals surface area contributed by atoms with Crippen LogP contribution in [0.15, 0.2) is 47.9 Å². The highest BCUT2D eigenvalue weighted by atomic mass is 32.1. The molecule has 1 aromatic carbocycles. The molecule has 0 fully saturated rings. The maximum absolute atomic E-state index is 11.5.